The molecule has 0 atom stereocenters. The van der Waals surface area contributed by atoms with Crippen LogP contribution in [-0.2, 0) is 0 Å². The van der Waals surface area contributed by atoms with Crippen LogP contribution in [0.15, 0.2) is 60.9 Å². The summed E-state index contributed by atoms with van der Waals surface area (Å²) in [5, 5.41) is 16.3. The summed E-state index contributed by atoms with van der Waals surface area (Å²) >= 11 is 0. The van der Waals surface area contributed by atoms with Gasteiger partial charge < -0.3 is 10.4 Å². The van der Waals surface area contributed by atoms with E-state index in [1.54, 1.807) is 23.0 Å². The monoisotopic (exact) mass is 280 g/mol. The topological polar surface area (TPSA) is 80.0 Å². The van der Waals surface area contributed by atoms with Crippen LogP contribution < -0.4 is 5.32 Å². The van der Waals surface area contributed by atoms with E-state index in [2.05, 4.69) is 15.4 Å². The molecule has 0 aliphatic rings. The van der Waals surface area contributed by atoms with E-state index in [1.807, 2.05) is 30.3 Å². The van der Waals surface area contributed by atoms with E-state index in [4.69, 9.17) is 0 Å². The molecule has 1 aromatic carbocycles. The number of anilines is 1. The highest BCUT2D eigenvalue weighted by Crippen LogP contribution is 2.19. The SMILES string of the molecule is O=C(Nc1ncccc1O)c1ccn(-c2ccccc2)n1. The third-order valence-corrected chi connectivity index (χ3v) is 2.86. The van der Waals surface area contributed by atoms with Crippen molar-refractivity contribution in [3.05, 3.63) is 66.6 Å². The van der Waals surface area contributed by atoms with Crippen molar-refractivity contribution in [2.75, 3.05) is 5.32 Å². The number of hydrogen-bond donors (Lipinski definition) is 2. The summed E-state index contributed by atoms with van der Waals surface area (Å²) in [7, 11) is 0. The zero-order valence-corrected chi connectivity index (χ0v) is 11.0. The maximum Gasteiger partial charge on any atom is 0.277 e. The second-order valence-corrected chi connectivity index (χ2v) is 4.31. The predicted molar refractivity (Wildman–Crippen MR) is 77.4 cm³/mol. The molecule has 104 valence electrons. The van der Waals surface area contributed by atoms with E-state index in [0.29, 0.717) is 0 Å². The van der Waals surface area contributed by atoms with Gasteiger partial charge in [0.2, 0.25) is 0 Å². The lowest BCUT2D eigenvalue weighted by atomic mass is 10.3. The lowest BCUT2D eigenvalue weighted by molar-refractivity contribution is 0.102. The van der Waals surface area contributed by atoms with Crippen LogP contribution in [0, 0.1) is 0 Å². The Morgan fingerprint density at radius 2 is 1.90 bits per heavy atom. The molecule has 21 heavy (non-hydrogen) atoms. The molecule has 0 aliphatic carbocycles. The summed E-state index contributed by atoms with van der Waals surface area (Å²) in [6.45, 7) is 0. The number of carbonyl (C=O) groups excluding carboxylic acids is 1. The summed E-state index contributed by atoms with van der Waals surface area (Å²) in [4.78, 5) is 16.0. The first-order chi connectivity index (χ1) is 10.2. The minimum Gasteiger partial charge on any atom is -0.504 e. The zero-order valence-electron chi connectivity index (χ0n) is 11.0. The van der Waals surface area contributed by atoms with Gasteiger partial charge in [0, 0.05) is 12.4 Å². The van der Waals surface area contributed by atoms with Crippen molar-refractivity contribution in [1.82, 2.24) is 14.8 Å². The van der Waals surface area contributed by atoms with Crippen molar-refractivity contribution in [3.63, 3.8) is 0 Å². The number of aromatic nitrogens is 3. The van der Waals surface area contributed by atoms with Crippen LogP contribution in [0.4, 0.5) is 5.82 Å². The number of pyridine rings is 1. The van der Waals surface area contributed by atoms with Gasteiger partial charge in [-0.3, -0.25) is 4.79 Å². The Kier molecular flexibility index (Phi) is 3.34. The average Bonchev–Trinajstić information content (AvgIpc) is 3.00. The molecule has 0 spiro atoms. The van der Waals surface area contributed by atoms with Gasteiger partial charge in [-0.2, -0.15) is 5.10 Å². The largest absolute Gasteiger partial charge is 0.504 e. The summed E-state index contributed by atoms with van der Waals surface area (Å²) in [6.07, 6.45) is 3.18. The van der Waals surface area contributed by atoms with Gasteiger partial charge in [-0.15, -0.1) is 0 Å². The number of benzene rings is 1. The van der Waals surface area contributed by atoms with Crippen LogP contribution >= 0.6 is 0 Å². The summed E-state index contributed by atoms with van der Waals surface area (Å²) in [5.41, 5.74) is 1.10. The highest BCUT2D eigenvalue weighted by atomic mass is 16.3. The molecular formula is C15H12N4O2. The van der Waals surface area contributed by atoms with E-state index >= 15 is 0 Å². The van der Waals surface area contributed by atoms with Gasteiger partial charge in [-0.05, 0) is 30.3 Å². The second-order valence-electron chi connectivity index (χ2n) is 4.31. The quantitative estimate of drug-likeness (QED) is 0.771. The molecule has 0 saturated carbocycles. The van der Waals surface area contributed by atoms with Crippen molar-refractivity contribution in [2.45, 2.75) is 0 Å². The Labute approximate surface area is 120 Å². The summed E-state index contributed by atoms with van der Waals surface area (Å²) in [5.74, 6) is -0.413. The van der Waals surface area contributed by atoms with E-state index in [1.165, 1.54) is 12.3 Å². The lowest BCUT2D eigenvalue weighted by Crippen LogP contribution is -2.14. The molecular weight excluding hydrogens is 268 g/mol. The first-order valence-corrected chi connectivity index (χ1v) is 6.30. The van der Waals surface area contributed by atoms with Crippen molar-refractivity contribution in [1.29, 1.82) is 0 Å². The first kappa shape index (κ1) is 12.9. The first-order valence-electron chi connectivity index (χ1n) is 6.30. The molecule has 2 N–H and O–H groups in total. The maximum atomic E-state index is 12.1. The van der Waals surface area contributed by atoms with Crippen molar-refractivity contribution < 1.29 is 9.90 Å². The standard InChI is InChI=1S/C15H12N4O2/c20-13-7-4-9-16-14(13)17-15(21)12-8-10-19(18-12)11-5-2-1-3-6-11/h1-10,20H,(H,16,17,21). The van der Waals surface area contributed by atoms with E-state index in [9.17, 15) is 9.90 Å². The third-order valence-electron chi connectivity index (χ3n) is 2.86. The molecule has 0 fully saturated rings. The molecule has 0 saturated heterocycles. The van der Waals surface area contributed by atoms with Crippen molar-refractivity contribution in [2.24, 2.45) is 0 Å². The maximum absolute atomic E-state index is 12.1. The van der Waals surface area contributed by atoms with E-state index < -0.39 is 5.91 Å². The highest BCUT2D eigenvalue weighted by Gasteiger charge is 2.12. The molecule has 2 aromatic heterocycles. The second kappa shape index (κ2) is 5.46. The summed E-state index contributed by atoms with van der Waals surface area (Å²) in [6, 6.07) is 14.1. The molecule has 6 nitrogen and oxygen atoms in total. The smallest absolute Gasteiger partial charge is 0.277 e. The fourth-order valence-corrected chi connectivity index (χ4v) is 1.83. The normalized spacial score (nSPS) is 10.3. The Morgan fingerprint density at radius 1 is 1.10 bits per heavy atom. The van der Waals surface area contributed by atoms with Gasteiger partial charge in [0.05, 0.1) is 5.69 Å². The van der Waals surface area contributed by atoms with Crippen LogP contribution in [0.2, 0.25) is 0 Å². The number of para-hydroxylation sites is 1. The molecule has 0 radical (unpaired) electrons. The number of nitrogens with one attached hydrogen (secondary N) is 1. The van der Waals surface area contributed by atoms with Crippen LogP contribution in [0.1, 0.15) is 10.5 Å². The van der Waals surface area contributed by atoms with Crippen LogP contribution in [0.3, 0.4) is 0 Å². The van der Waals surface area contributed by atoms with Crippen molar-refractivity contribution >= 4 is 11.7 Å². The molecule has 0 unspecified atom stereocenters. The molecule has 0 bridgehead atoms. The molecule has 6 heteroatoms. The summed E-state index contributed by atoms with van der Waals surface area (Å²) < 4.78 is 1.60. The molecule has 1 amide bonds. The van der Waals surface area contributed by atoms with Gasteiger partial charge in [-0.25, -0.2) is 9.67 Å². The number of amides is 1. The minimum atomic E-state index is -0.432. The lowest BCUT2D eigenvalue weighted by Gasteiger charge is -2.04. The third kappa shape index (κ3) is 2.74. The molecule has 2 heterocycles. The van der Waals surface area contributed by atoms with Gasteiger partial charge in [0.15, 0.2) is 17.3 Å². The highest BCUT2D eigenvalue weighted by molar-refractivity contribution is 6.02. The number of rotatable bonds is 3. The minimum absolute atomic E-state index is 0.0895. The van der Waals surface area contributed by atoms with Crippen molar-refractivity contribution in [3.8, 4) is 11.4 Å². The number of hydrogen-bond acceptors (Lipinski definition) is 4. The van der Waals surface area contributed by atoms with Crippen LogP contribution in [-0.4, -0.2) is 25.8 Å². The Balaban J connectivity index is 1.80. The van der Waals surface area contributed by atoms with Crippen LogP contribution in [0.5, 0.6) is 5.75 Å². The van der Waals surface area contributed by atoms with Gasteiger partial charge in [0.1, 0.15) is 0 Å². The van der Waals surface area contributed by atoms with E-state index in [-0.39, 0.29) is 17.3 Å². The Bertz CT molecular complexity index is 768. The predicted octanol–water partition coefficient (Wildman–Crippen LogP) is 2.23. The average molecular weight is 280 g/mol. The fraction of sp³-hybridized carbons (Fsp3) is 0. The fourth-order valence-electron chi connectivity index (χ4n) is 1.83. The number of aromatic hydroxyl groups is 1. The molecule has 3 rings (SSSR count). The number of carbonyl (C=O) groups is 1. The van der Waals surface area contributed by atoms with Crippen LogP contribution in [0.25, 0.3) is 5.69 Å². The van der Waals surface area contributed by atoms with Gasteiger partial charge in [0.25, 0.3) is 5.91 Å². The Hall–Kier alpha value is -3.15. The number of nitrogens with zero attached hydrogens (tertiary/aromatic N) is 3. The van der Waals surface area contributed by atoms with Gasteiger partial charge in [-0.1, -0.05) is 18.2 Å². The molecule has 0 aliphatic heterocycles. The van der Waals surface area contributed by atoms with Gasteiger partial charge >= 0.3 is 0 Å². The Morgan fingerprint density at radius 3 is 2.67 bits per heavy atom. The zero-order chi connectivity index (χ0) is 14.7. The molecule has 3 aromatic rings. The van der Waals surface area contributed by atoms with E-state index in [0.717, 1.165) is 5.69 Å².